The van der Waals surface area contributed by atoms with E-state index in [1.807, 2.05) is 12.1 Å². The van der Waals surface area contributed by atoms with E-state index in [2.05, 4.69) is 0 Å². The Labute approximate surface area is 108 Å². The molecule has 0 saturated heterocycles. The van der Waals surface area contributed by atoms with Gasteiger partial charge in [-0.3, -0.25) is 0 Å². The topological polar surface area (TPSA) is 64.7 Å². The van der Waals surface area contributed by atoms with E-state index in [-0.39, 0.29) is 12.0 Å². The lowest BCUT2D eigenvalue weighted by molar-refractivity contribution is 0.217. The lowest BCUT2D eigenvalue weighted by Crippen LogP contribution is -2.17. The van der Waals surface area contributed by atoms with Crippen molar-refractivity contribution in [2.45, 2.75) is 25.9 Å². The molecule has 1 saturated carbocycles. The molecular weight excluding hydrogens is 230 g/mol. The van der Waals surface area contributed by atoms with Gasteiger partial charge in [0.05, 0.1) is 20.3 Å². The van der Waals surface area contributed by atoms with Crippen LogP contribution >= 0.6 is 0 Å². The molecule has 4 nitrogen and oxygen atoms in total. The normalized spacial score (nSPS) is 16.4. The molecule has 1 aromatic rings. The summed E-state index contributed by atoms with van der Waals surface area (Å²) in [6.07, 6.45) is 3.41. The summed E-state index contributed by atoms with van der Waals surface area (Å²) in [5.74, 6) is 1.41. The van der Waals surface area contributed by atoms with E-state index in [4.69, 9.17) is 20.3 Å². The summed E-state index contributed by atoms with van der Waals surface area (Å²) >= 11 is 0. The fourth-order valence-corrected chi connectivity index (χ4v) is 2.11. The van der Waals surface area contributed by atoms with Crippen LogP contribution in [0.25, 0.3) is 0 Å². The van der Waals surface area contributed by atoms with Gasteiger partial charge in [-0.25, -0.2) is 0 Å². The van der Waals surface area contributed by atoms with E-state index < -0.39 is 0 Å². The molecule has 4 heteroatoms. The van der Waals surface area contributed by atoms with Crippen LogP contribution < -0.4 is 15.2 Å². The molecule has 0 spiro atoms. The molecule has 0 aliphatic heterocycles. The molecule has 0 radical (unpaired) electrons. The second-order valence-corrected chi connectivity index (χ2v) is 4.97. The second kappa shape index (κ2) is 5.59. The summed E-state index contributed by atoms with van der Waals surface area (Å²) in [4.78, 5) is 0. The van der Waals surface area contributed by atoms with Gasteiger partial charge in [-0.15, -0.1) is 0 Å². The smallest absolute Gasteiger partial charge is 0.161 e. The Bertz CT molecular complexity index is 402. The lowest BCUT2D eigenvalue weighted by atomic mass is 10.0. The molecule has 0 heterocycles. The Balaban J connectivity index is 2.00. The standard InChI is InChI=1S/C14H21NO3/c1-17-13-8-11(9-16)2-3-12(13)18-10-14(4-5-14)6-7-15/h2-3,8,16H,4-7,9-10,15H2,1H3. The summed E-state index contributed by atoms with van der Waals surface area (Å²) in [6.45, 7) is 1.41. The molecule has 0 atom stereocenters. The Morgan fingerprint density at radius 3 is 2.67 bits per heavy atom. The number of methoxy groups -OCH3 is 1. The van der Waals surface area contributed by atoms with E-state index in [9.17, 15) is 0 Å². The molecule has 0 unspecified atom stereocenters. The zero-order valence-electron chi connectivity index (χ0n) is 10.8. The van der Waals surface area contributed by atoms with Gasteiger partial charge >= 0.3 is 0 Å². The minimum atomic E-state index is 0.00769. The zero-order chi connectivity index (χ0) is 13.0. The van der Waals surface area contributed by atoms with Crippen molar-refractivity contribution < 1.29 is 14.6 Å². The van der Waals surface area contributed by atoms with Crippen molar-refractivity contribution in [1.82, 2.24) is 0 Å². The zero-order valence-corrected chi connectivity index (χ0v) is 10.8. The second-order valence-electron chi connectivity index (χ2n) is 4.97. The predicted molar refractivity (Wildman–Crippen MR) is 69.8 cm³/mol. The van der Waals surface area contributed by atoms with Crippen molar-refractivity contribution in [3.05, 3.63) is 23.8 Å². The molecule has 18 heavy (non-hydrogen) atoms. The fourth-order valence-electron chi connectivity index (χ4n) is 2.11. The monoisotopic (exact) mass is 251 g/mol. The van der Waals surface area contributed by atoms with Gasteiger partial charge in [0.1, 0.15) is 0 Å². The molecule has 1 aliphatic rings. The Morgan fingerprint density at radius 2 is 2.11 bits per heavy atom. The summed E-state index contributed by atoms with van der Waals surface area (Å²) in [5.41, 5.74) is 6.72. The average Bonchev–Trinajstić information content (AvgIpc) is 3.17. The van der Waals surface area contributed by atoms with Gasteiger partial charge in [-0.2, -0.15) is 0 Å². The van der Waals surface area contributed by atoms with Crippen LogP contribution in [0.1, 0.15) is 24.8 Å². The minimum absolute atomic E-state index is 0.00769. The average molecular weight is 251 g/mol. The maximum absolute atomic E-state index is 9.08. The van der Waals surface area contributed by atoms with Crippen molar-refractivity contribution in [3.63, 3.8) is 0 Å². The summed E-state index contributed by atoms with van der Waals surface area (Å²) < 4.78 is 11.1. The quantitative estimate of drug-likeness (QED) is 0.774. The van der Waals surface area contributed by atoms with Gasteiger partial charge in [0.2, 0.25) is 0 Å². The van der Waals surface area contributed by atoms with Crippen LogP contribution in [0.5, 0.6) is 11.5 Å². The molecule has 1 aliphatic carbocycles. The number of hydrogen-bond acceptors (Lipinski definition) is 4. The van der Waals surface area contributed by atoms with Crippen LogP contribution in [-0.4, -0.2) is 25.4 Å². The molecule has 1 fully saturated rings. The number of ether oxygens (including phenoxy) is 2. The predicted octanol–water partition coefficient (Wildman–Crippen LogP) is 1.70. The van der Waals surface area contributed by atoms with E-state index in [0.717, 1.165) is 17.7 Å². The number of aliphatic hydroxyl groups is 1. The van der Waals surface area contributed by atoms with Crippen LogP contribution in [0.2, 0.25) is 0 Å². The first kappa shape index (κ1) is 13.2. The van der Waals surface area contributed by atoms with Crippen molar-refractivity contribution in [2.75, 3.05) is 20.3 Å². The molecule has 100 valence electrons. The highest BCUT2D eigenvalue weighted by Crippen LogP contribution is 2.49. The van der Waals surface area contributed by atoms with E-state index in [1.165, 1.54) is 12.8 Å². The molecule has 2 rings (SSSR count). The number of benzene rings is 1. The van der Waals surface area contributed by atoms with Crippen molar-refractivity contribution >= 4 is 0 Å². The van der Waals surface area contributed by atoms with Crippen molar-refractivity contribution in [3.8, 4) is 11.5 Å². The van der Waals surface area contributed by atoms with E-state index in [0.29, 0.717) is 18.9 Å². The van der Waals surface area contributed by atoms with Crippen molar-refractivity contribution in [1.29, 1.82) is 0 Å². The van der Waals surface area contributed by atoms with Crippen LogP contribution in [-0.2, 0) is 6.61 Å². The third kappa shape index (κ3) is 2.94. The van der Waals surface area contributed by atoms with Gasteiger partial charge in [0.15, 0.2) is 11.5 Å². The van der Waals surface area contributed by atoms with E-state index in [1.54, 1.807) is 13.2 Å². The maximum atomic E-state index is 9.08. The maximum Gasteiger partial charge on any atom is 0.161 e. The first-order valence-electron chi connectivity index (χ1n) is 6.34. The first-order chi connectivity index (χ1) is 8.73. The molecular formula is C14H21NO3. The molecule has 0 bridgehead atoms. The highest BCUT2D eigenvalue weighted by atomic mass is 16.5. The van der Waals surface area contributed by atoms with Gasteiger partial charge in [-0.05, 0) is 43.5 Å². The Kier molecular flexibility index (Phi) is 4.09. The molecule has 0 amide bonds. The molecule has 0 aromatic heterocycles. The largest absolute Gasteiger partial charge is 0.493 e. The summed E-state index contributed by atoms with van der Waals surface area (Å²) in [7, 11) is 1.61. The third-order valence-electron chi connectivity index (χ3n) is 3.58. The first-order valence-corrected chi connectivity index (χ1v) is 6.34. The van der Waals surface area contributed by atoms with E-state index >= 15 is 0 Å². The third-order valence-corrected chi connectivity index (χ3v) is 3.58. The van der Waals surface area contributed by atoms with Crippen LogP contribution in [0.15, 0.2) is 18.2 Å². The number of hydrogen-bond donors (Lipinski definition) is 2. The highest BCUT2D eigenvalue weighted by molar-refractivity contribution is 5.42. The molecule has 3 N–H and O–H groups in total. The van der Waals surface area contributed by atoms with Crippen molar-refractivity contribution in [2.24, 2.45) is 11.1 Å². The highest BCUT2D eigenvalue weighted by Gasteiger charge is 2.42. The van der Waals surface area contributed by atoms with Crippen LogP contribution in [0, 0.1) is 5.41 Å². The lowest BCUT2D eigenvalue weighted by Gasteiger charge is -2.17. The fraction of sp³-hybridized carbons (Fsp3) is 0.571. The SMILES string of the molecule is COc1cc(CO)ccc1OCC1(CCN)CC1. The Hall–Kier alpha value is -1.26. The Morgan fingerprint density at radius 1 is 1.33 bits per heavy atom. The molecule has 1 aromatic carbocycles. The number of rotatable bonds is 7. The summed E-state index contributed by atoms with van der Waals surface area (Å²) in [5, 5.41) is 9.08. The number of nitrogens with two attached hydrogens (primary N) is 1. The van der Waals surface area contributed by atoms with Gasteiger partial charge in [0.25, 0.3) is 0 Å². The van der Waals surface area contributed by atoms with Gasteiger partial charge in [-0.1, -0.05) is 6.07 Å². The number of aliphatic hydroxyl groups excluding tert-OH is 1. The van der Waals surface area contributed by atoms with Gasteiger partial charge < -0.3 is 20.3 Å². The summed E-state index contributed by atoms with van der Waals surface area (Å²) in [6, 6.07) is 5.50. The van der Waals surface area contributed by atoms with Crippen LogP contribution in [0.4, 0.5) is 0 Å². The van der Waals surface area contributed by atoms with Crippen LogP contribution in [0.3, 0.4) is 0 Å². The van der Waals surface area contributed by atoms with Gasteiger partial charge in [0, 0.05) is 5.41 Å². The minimum Gasteiger partial charge on any atom is -0.493 e.